The van der Waals surface area contributed by atoms with Crippen molar-refractivity contribution in [2.45, 2.75) is 32.7 Å². The summed E-state index contributed by atoms with van der Waals surface area (Å²) in [5.41, 5.74) is 4.13. The third kappa shape index (κ3) is 3.45. The second-order valence-electron chi connectivity index (χ2n) is 6.66. The smallest absolute Gasteiger partial charge is 0.278 e. The fourth-order valence-electron chi connectivity index (χ4n) is 3.49. The minimum atomic E-state index is -0.218. The van der Waals surface area contributed by atoms with Crippen LogP contribution < -0.4 is 10.6 Å². The number of aromatic nitrogens is 4. The van der Waals surface area contributed by atoms with Crippen LogP contribution in [0.25, 0.3) is 10.9 Å². The summed E-state index contributed by atoms with van der Waals surface area (Å²) in [6.07, 6.45) is 2.02. The summed E-state index contributed by atoms with van der Waals surface area (Å²) >= 11 is 0. The molecule has 0 aliphatic carbocycles. The first-order valence-corrected chi connectivity index (χ1v) is 8.65. The number of carbonyl (C=O) groups excluding carboxylic acids is 1. The molecule has 0 spiro atoms. The average molecular weight is 375 g/mol. The maximum Gasteiger partial charge on any atom is 0.278 e. The van der Waals surface area contributed by atoms with Crippen LogP contribution in [0.2, 0.25) is 0 Å². The topological polar surface area (TPSA) is 87.6 Å². The molecule has 138 valence electrons. The van der Waals surface area contributed by atoms with Gasteiger partial charge in [-0.1, -0.05) is 5.21 Å². The number of aromatic amines is 1. The molecule has 4 rings (SSSR count). The first-order valence-electron chi connectivity index (χ1n) is 8.65. The van der Waals surface area contributed by atoms with Crippen molar-refractivity contribution >= 4 is 34.9 Å². The van der Waals surface area contributed by atoms with Crippen LogP contribution in [-0.4, -0.2) is 39.0 Å². The molecule has 0 bridgehead atoms. The summed E-state index contributed by atoms with van der Waals surface area (Å²) < 4.78 is 1.90. The normalized spacial score (nSPS) is 15.0. The number of fused-ring (bicyclic) bond motifs is 1. The van der Waals surface area contributed by atoms with Gasteiger partial charge in [0.2, 0.25) is 0 Å². The predicted octanol–water partition coefficient (Wildman–Crippen LogP) is 2.97. The molecule has 0 atom stereocenters. The van der Waals surface area contributed by atoms with Crippen molar-refractivity contribution in [3.63, 3.8) is 0 Å². The van der Waals surface area contributed by atoms with Gasteiger partial charge in [-0.15, -0.1) is 17.5 Å². The summed E-state index contributed by atoms with van der Waals surface area (Å²) in [4.78, 5) is 15.9. The Kier molecular flexibility index (Phi) is 5.29. The van der Waals surface area contributed by atoms with Gasteiger partial charge in [0, 0.05) is 22.3 Å². The number of amides is 1. The summed E-state index contributed by atoms with van der Waals surface area (Å²) in [6.45, 7) is 5.87. The zero-order chi connectivity index (χ0) is 17.4. The van der Waals surface area contributed by atoms with Gasteiger partial charge in [0.25, 0.3) is 5.91 Å². The molecular weight excluding hydrogens is 352 g/mol. The Morgan fingerprint density at radius 1 is 1.23 bits per heavy atom. The molecule has 1 aromatic carbocycles. The lowest BCUT2D eigenvalue weighted by Gasteiger charge is -2.23. The molecule has 0 radical (unpaired) electrons. The van der Waals surface area contributed by atoms with E-state index in [4.69, 9.17) is 0 Å². The van der Waals surface area contributed by atoms with E-state index in [-0.39, 0.29) is 18.3 Å². The highest BCUT2D eigenvalue weighted by Crippen LogP contribution is 2.22. The van der Waals surface area contributed by atoms with E-state index < -0.39 is 0 Å². The third-order valence-corrected chi connectivity index (χ3v) is 4.81. The molecular formula is C18H23ClN6O. The Morgan fingerprint density at radius 2 is 2.00 bits per heavy atom. The molecule has 3 N–H and O–H groups in total. The summed E-state index contributed by atoms with van der Waals surface area (Å²) in [5.74, 6) is -0.218. The Hall–Kier alpha value is -2.38. The highest BCUT2D eigenvalue weighted by Gasteiger charge is 2.23. The number of carbonyl (C=O) groups is 1. The third-order valence-electron chi connectivity index (χ3n) is 4.81. The van der Waals surface area contributed by atoms with E-state index in [2.05, 4.69) is 32.0 Å². The van der Waals surface area contributed by atoms with Crippen LogP contribution >= 0.6 is 12.4 Å². The van der Waals surface area contributed by atoms with Gasteiger partial charge in [0.15, 0.2) is 5.69 Å². The number of rotatable bonds is 3. The Morgan fingerprint density at radius 3 is 2.77 bits per heavy atom. The largest absolute Gasteiger partial charge is 0.359 e. The molecule has 3 aromatic rings. The van der Waals surface area contributed by atoms with E-state index in [0.717, 1.165) is 53.9 Å². The van der Waals surface area contributed by atoms with Crippen molar-refractivity contribution in [1.29, 1.82) is 0 Å². The minimum absolute atomic E-state index is 0. The molecule has 8 heteroatoms. The number of anilines is 1. The lowest BCUT2D eigenvalue weighted by atomic mass is 10.1. The van der Waals surface area contributed by atoms with Gasteiger partial charge in [-0.2, -0.15) is 0 Å². The summed E-state index contributed by atoms with van der Waals surface area (Å²) in [7, 11) is 0. The van der Waals surface area contributed by atoms with Crippen molar-refractivity contribution in [2.24, 2.45) is 0 Å². The standard InChI is InChI=1S/C18H22N6O.ClH/c1-11-9-13-10-14(3-4-16(13)20-11)21-18(25)17-12(2)24(23-22-17)15-5-7-19-8-6-15;/h3-4,9-10,15,19-20H,5-8H2,1-2H3,(H,21,25);1H. The van der Waals surface area contributed by atoms with Crippen LogP contribution in [0.1, 0.15) is 40.8 Å². The Labute approximate surface area is 158 Å². The first-order chi connectivity index (χ1) is 12.1. The second kappa shape index (κ2) is 7.47. The quantitative estimate of drug-likeness (QED) is 0.657. The predicted molar refractivity (Wildman–Crippen MR) is 104 cm³/mol. The van der Waals surface area contributed by atoms with Gasteiger partial charge in [-0.3, -0.25) is 4.79 Å². The molecule has 0 saturated carbocycles. The van der Waals surface area contributed by atoms with Gasteiger partial charge in [-0.25, -0.2) is 4.68 Å². The molecule has 1 saturated heterocycles. The number of aryl methyl sites for hydroxylation is 1. The number of nitrogens with one attached hydrogen (secondary N) is 3. The van der Waals surface area contributed by atoms with Crippen molar-refractivity contribution < 1.29 is 4.79 Å². The minimum Gasteiger partial charge on any atom is -0.359 e. The van der Waals surface area contributed by atoms with E-state index in [1.54, 1.807) is 0 Å². The van der Waals surface area contributed by atoms with E-state index >= 15 is 0 Å². The van der Waals surface area contributed by atoms with E-state index in [1.165, 1.54) is 0 Å². The number of hydrogen-bond acceptors (Lipinski definition) is 4. The van der Waals surface area contributed by atoms with Gasteiger partial charge in [-0.05, 0) is 64.0 Å². The number of benzene rings is 1. The molecule has 1 aliphatic heterocycles. The van der Waals surface area contributed by atoms with Gasteiger partial charge in [0.05, 0.1) is 11.7 Å². The van der Waals surface area contributed by atoms with Crippen molar-refractivity contribution in [3.05, 3.63) is 41.3 Å². The van der Waals surface area contributed by atoms with Crippen LogP contribution in [0.3, 0.4) is 0 Å². The zero-order valence-corrected chi connectivity index (χ0v) is 15.7. The lowest BCUT2D eigenvalue weighted by Crippen LogP contribution is -2.30. The number of piperidine rings is 1. The lowest BCUT2D eigenvalue weighted by molar-refractivity contribution is 0.102. The van der Waals surface area contributed by atoms with Gasteiger partial charge >= 0.3 is 0 Å². The fourth-order valence-corrected chi connectivity index (χ4v) is 3.49. The summed E-state index contributed by atoms with van der Waals surface area (Å²) in [5, 5.41) is 15.7. The number of nitrogens with zero attached hydrogens (tertiary/aromatic N) is 3. The number of H-pyrrole nitrogens is 1. The Bertz CT molecular complexity index is 925. The maximum absolute atomic E-state index is 12.6. The number of halogens is 1. The zero-order valence-electron chi connectivity index (χ0n) is 14.9. The molecule has 1 fully saturated rings. The van der Waals surface area contributed by atoms with Crippen molar-refractivity contribution in [3.8, 4) is 0 Å². The van der Waals surface area contributed by atoms with Crippen LogP contribution in [-0.2, 0) is 0 Å². The van der Waals surface area contributed by atoms with Crippen molar-refractivity contribution in [1.82, 2.24) is 25.3 Å². The Balaban J connectivity index is 0.00000196. The first kappa shape index (κ1) is 18.4. The van der Waals surface area contributed by atoms with Crippen LogP contribution in [0.15, 0.2) is 24.3 Å². The molecule has 3 heterocycles. The monoisotopic (exact) mass is 374 g/mol. The molecule has 2 aromatic heterocycles. The van der Waals surface area contributed by atoms with Gasteiger partial charge in [0.1, 0.15) is 0 Å². The van der Waals surface area contributed by atoms with Crippen LogP contribution in [0.4, 0.5) is 5.69 Å². The van der Waals surface area contributed by atoms with Gasteiger partial charge < -0.3 is 15.6 Å². The highest BCUT2D eigenvalue weighted by molar-refractivity contribution is 6.04. The maximum atomic E-state index is 12.6. The van der Waals surface area contributed by atoms with Crippen LogP contribution in [0.5, 0.6) is 0 Å². The molecule has 7 nitrogen and oxygen atoms in total. The van der Waals surface area contributed by atoms with E-state index in [9.17, 15) is 4.79 Å². The fraction of sp³-hybridized carbons (Fsp3) is 0.389. The van der Waals surface area contributed by atoms with E-state index in [1.807, 2.05) is 36.7 Å². The van der Waals surface area contributed by atoms with Crippen molar-refractivity contribution in [2.75, 3.05) is 18.4 Å². The van der Waals surface area contributed by atoms with Crippen LogP contribution in [0, 0.1) is 13.8 Å². The highest BCUT2D eigenvalue weighted by atomic mass is 35.5. The molecule has 26 heavy (non-hydrogen) atoms. The molecule has 1 aliphatic rings. The number of hydrogen-bond donors (Lipinski definition) is 3. The average Bonchev–Trinajstić information content (AvgIpc) is 3.17. The van der Waals surface area contributed by atoms with E-state index in [0.29, 0.717) is 11.7 Å². The molecule has 1 amide bonds. The molecule has 0 unspecified atom stereocenters. The summed E-state index contributed by atoms with van der Waals surface area (Å²) in [6, 6.07) is 8.20. The SMILES string of the molecule is Cc1cc2cc(NC(=O)c3nnn(C4CCNCC4)c3C)ccc2[nH]1.Cl. The second-order valence-corrected chi connectivity index (χ2v) is 6.66.